The van der Waals surface area contributed by atoms with Crippen LogP contribution in [-0.2, 0) is 13.1 Å². The molecule has 8 nitrogen and oxygen atoms in total. The average molecular weight is 470 g/mol. The summed E-state index contributed by atoms with van der Waals surface area (Å²) >= 11 is 0. The van der Waals surface area contributed by atoms with Crippen molar-refractivity contribution >= 4 is 42.9 Å². The highest BCUT2D eigenvalue weighted by atomic mass is 35.5. The van der Waals surface area contributed by atoms with E-state index >= 15 is 0 Å². The number of nitrogens with zero attached hydrogens (tertiary/aromatic N) is 5. The van der Waals surface area contributed by atoms with E-state index < -0.39 is 0 Å². The third-order valence-electron chi connectivity index (χ3n) is 4.42. The fourth-order valence-electron chi connectivity index (χ4n) is 2.96. The Labute approximate surface area is 191 Å². The van der Waals surface area contributed by atoms with Gasteiger partial charge in [0.25, 0.3) is 0 Å². The minimum absolute atomic E-state index is 0. The van der Waals surface area contributed by atoms with E-state index in [2.05, 4.69) is 51.1 Å². The van der Waals surface area contributed by atoms with Crippen molar-refractivity contribution in [1.82, 2.24) is 19.9 Å². The maximum atomic E-state index is 6.00. The minimum atomic E-state index is 0. The third kappa shape index (κ3) is 8.16. The zero-order valence-electron chi connectivity index (χ0n) is 16.8. The molecule has 0 amide bonds. The fraction of sp³-hybridized carbons (Fsp3) is 0.556. The lowest BCUT2D eigenvalue weighted by atomic mass is 10.2. The Bertz CT molecular complexity index is 696. The molecule has 2 N–H and O–H groups in total. The van der Waals surface area contributed by atoms with Gasteiger partial charge in [0, 0.05) is 32.7 Å². The van der Waals surface area contributed by atoms with Crippen LogP contribution in [-0.4, -0.2) is 73.4 Å². The molecule has 2 aromatic rings. The Morgan fingerprint density at radius 3 is 2.41 bits per heavy atom. The zero-order chi connectivity index (χ0) is 18.4. The van der Waals surface area contributed by atoms with Gasteiger partial charge in [-0.15, -0.1) is 37.2 Å². The topological polar surface area (TPSA) is 83.9 Å². The fourth-order valence-corrected chi connectivity index (χ4v) is 2.96. The molecule has 11 heteroatoms. The van der Waals surface area contributed by atoms with Crippen molar-refractivity contribution in [3.05, 3.63) is 36.0 Å². The number of hydrogen-bond donors (Lipinski definition) is 1. The second kappa shape index (κ2) is 13.8. The molecule has 0 radical (unpaired) electrons. The van der Waals surface area contributed by atoms with Gasteiger partial charge in [-0.05, 0) is 26.2 Å². The van der Waals surface area contributed by atoms with Crippen LogP contribution in [0.2, 0.25) is 0 Å². The molecule has 1 aliphatic rings. The molecular weight excluding hydrogens is 439 g/mol. The quantitative estimate of drug-likeness (QED) is 0.629. The van der Waals surface area contributed by atoms with Crippen molar-refractivity contribution in [1.29, 1.82) is 0 Å². The summed E-state index contributed by atoms with van der Waals surface area (Å²) in [7, 11) is 4.10. The maximum Gasteiger partial charge on any atom is 0.240 e. The van der Waals surface area contributed by atoms with E-state index in [0.29, 0.717) is 24.9 Å². The van der Waals surface area contributed by atoms with Crippen molar-refractivity contribution in [2.24, 2.45) is 5.73 Å². The number of nitrogens with two attached hydrogens (primary N) is 1. The number of benzene rings is 1. The van der Waals surface area contributed by atoms with E-state index in [-0.39, 0.29) is 43.8 Å². The lowest BCUT2D eigenvalue weighted by Crippen LogP contribution is -2.46. The maximum absolute atomic E-state index is 6.00. The number of likely N-dealkylation sites (N-methyl/N-ethyl adjacent to an activating group) is 1. The highest BCUT2D eigenvalue weighted by Gasteiger charge is 2.21. The molecule has 29 heavy (non-hydrogen) atoms. The summed E-state index contributed by atoms with van der Waals surface area (Å²) in [6.07, 6.45) is 0. The van der Waals surface area contributed by atoms with Gasteiger partial charge in [-0.2, -0.15) is 4.98 Å². The molecule has 0 unspecified atom stereocenters. The summed E-state index contributed by atoms with van der Waals surface area (Å²) in [6, 6.07) is 8.27. The summed E-state index contributed by atoms with van der Waals surface area (Å²) in [6.45, 7) is 6.33. The molecule has 0 aliphatic carbocycles. The van der Waals surface area contributed by atoms with Crippen LogP contribution in [0.4, 0.5) is 5.69 Å². The molecule has 1 aliphatic heterocycles. The van der Waals surface area contributed by atoms with Gasteiger partial charge in [0.2, 0.25) is 5.89 Å². The number of aromatic nitrogens is 2. The third-order valence-corrected chi connectivity index (χ3v) is 4.42. The Balaban J connectivity index is 0.00000261. The number of rotatable bonds is 8. The van der Waals surface area contributed by atoms with E-state index in [1.807, 2.05) is 12.1 Å². The van der Waals surface area contributed by atoms with Crippen LogP contribution in [0.1, 0.15) is 11.7 Å². The van der Waals surface area contributed by atoms with E-state index in [1.54, 1.807) is 0 Å². The molecule has 0 saturated carbocycles. The molecule has 3 rings (SSSR count). The SMILES string of the molecule is CN(C)CCOc1ccccc1N1CCN(Cc2noc(CN)n2)CC1.Cl.Cl.Cl. The van der Waals surface area contributed by atoms with Crippen LogP contribution >= 0.6 is 37.2 Å². The van der Waals surface area contributed by atoms with Gasteiger partial charge in [0.05, 0.1) is 18.8 Å². The van der Waals surface area contributed by atoms with Crippen LogP contribution in [0, 0.1) is 0 Å². The number of halogens is 3. The molecule has 1 aromatic heterocycles. The molecule has 0 spiro atoms. The van der Waals surface area contributed by atoms with E-state index in [9.17, 15) is 0 Å². The molecule has 1 aromatic carbocycles. The minimum Gasteiger partial charge on any atom is -0.490 e. The summed E-state index contributed by atoms with van der Waals surface area (Å²) in [5.41, 5.74) is 6.68. The van der Waals surface area contributed by atoms with Crippen LogP contribution in [0.25, 0.3) is 0 Å². The van der Waals surface area contributed by atoms with Crippen LogP contribution in [0.3, 0.4) is 0 Å². The van der Waals surface area contributed by atoms with Gasteiger partial charge in [0.15, 0.2) is 5.82 Å². The predicted octanol–water partition coefficient (Wildman–Crippen LogP) is 2.06. The standard InChI is InChI=1S/C18H28N6O2.3ClH/c1-22(2)11-12-25-16-6-4-3-5-15(16)24-9-7-23(8-10-24)14-17-20-18(13-19)26-21-17;;;/h3-6H,7-14,19H2,1-2H3;3*1H. The molecule has 0 atom stereocenters. The van der Waals surface area contributed by atoms with E-state index in [0.717, 1.165) is 44.2 Å². The average Bonchev–Trinajstić information content (AvgIpc) is 3.10. The van der Waals surface area contributed by atoms with Crippen LogP contribution < -0.4 is 15.4 Å². The van der Waals surface area contributed by atoms with E-state index in [4.69, 9.17) is 15.0 Å². The Hall–Kier alpha value is -1.29. The zero-order valence-corrected chi connectivity index (χ0v) is 19.3. The first-order chi connectivity index (χ1) is 12.7. The molecular formula is C18H31Cl3N6O2. The smallest absolute Gasteiger partial charge is 0.240 e. The Morgan fingerprint density at radius 1 is 1.10 bits per heavy atom. The lowest BCUT2D eigenvalue weighted by molar-refractivity contribution is 0.237. The predicted molar refractivity (Wildman–Crippen MR) is 122 cm³/mol. The monoisotopic (exact) mass is 468 g/mol. The van der Waals surface area contributed by atoms with Gasteiger partial charge in [-0.25, -0.2) is 0 Å². The van der Waals surface area contributed by atoms with Crippen molar-refractivity contribution in [3.63, 3.8) is 0 Å². The van der Waals surface area contributed by atoms with E-state index in [1.165, 1.54) is 0 Å². The first-order valence-corrected chi connectivity index (χ1v) is 9.01. The second-order valence-corrected chi connectivity index (χ2v) is 6.69. The first-order valence-electron chi connectivity index (χ1n) is 9.01. The van der Waals surface area contributed by atoms with Crippen LogP contribution in [0.15, 0.2) is 28.8 Å². The number of hydrogen-bond acceptors (Lipinski definition) is 8. The highest BCUT2D eigenvalue weighted by molar-refractivity contribution is 5.86. The number of para-hydroxylation sites is 2. The molecule has 1 saturated heterocycles. The highest BCUT2D eigenvalue weighted by Crippen LogP contribution is 2.29. The summed E-state index contributed by atoms with van der Waals surface area (Å²) in [5, 5.41) is 3.97. The van der Waals surface area contributed by atoms with Gasteiger partial charge < -0.3 is 24.8 Å². The lowest BCUT2D eigenvalue weighted by Gasteiger charge is -2.36. The van der Waals surface area contributed by atoms with Crippen molar-refractivity contribution in [2.75, 3.05) is 58.3 Å². The molecule has 0 bridgehead atoms. The summed E-state index contributed by atoms with van der Waals surface area (Å²) < 4.78 is 11.1. The normalized spacial score (nSPS) is 14.0. The Kier molecular flexibility index (Phi) is 13.2. The van der Waals surface area contributed by atoms with Gasteiger partial charge in [0.1, 0.15) is 12.4 Å². The molecule has 2 heterocycles. The summed E-state index contributed by atoms with van der Waals surface area (Å²) in [5.74, 6) is 2.14. The van der Waals surface area contributed by atoms with Crippen molar-refractivity contribution in [3.8, 4) is 5.75 Å². The number of piperazine rings is 1. The number of anilines is 1. The Morgan fingerprint density at radius 2 is 1.79 bits per heavy atom. The second-order valence-electron chi connectivity index (χ2n) is 6.69. The number of ether oxygens (including phenoxy) is 1. The molecule has 1 fully saturated rings. The van der Waals surface area contributed by atoms with Crippen molar-refractivity contribution < 1.29 is 9.26 Å². The van der Waals surface area contributed by atoms with Gasteiger partial charge in [-0.3, -0.25) is 4.90 Å². The van der Waals surface area contributed by atoms with Crippen molar-refractivity contribution in [2.45, 2.75) is 13.1 Å². The van der Waals surface area contributed by atoms with Gasteiger partial charge >= 0.3 is 0 Å². The molecule has 166 valence electrons. The van der Waals surface area contributed by atoms with Gasteiger partial charge in [-0.1, -0.05) is 17.3 Å². The summed E-state index contributed by atoms with van der Waals surface area (Å²) in [4.78, 5) is 11.1. The van der Waals surface area contributed by atoms with Crippen LogP contribution in [0.5, 0.6) is 5.75 Å². The largest absolute Gasteiger partial charge is 0.490 e. The first kappa shape index (κ1) is 27.7.